The molecule has 1 saturated heterocycles. The Balaban J connectivity index is 0.00000256. The average molecular weight is 540 g/mol. The maximum Gasteiger partial charge on any atom is 0.191 e. The molecule has 0 bridgehead atoms. The van der Waals surface area contributed by atoms with Crippen molar-refractivity contribution in [3.63, 3.8) is 0 Å². The zero-order chi connectivity index (χ0) is 20.1. The van der Waals surface area contributed by atoms with Crippen LogP contribution < -0.4 is 15.5 Å². The predicted molar refractivity (Wildman–Crippen MR) is 133 cm³/mol. The minimum absolute atomic E-state index is 0. The van der Waals surface area contributed by atoms with Gasteiger partial charge in [-0.15, -0.1) is 34.2 Å². The Kier molecular flexibility index (Phi) is 8.15. The molecule has 3 aromatic rings. The number of nitrogens with zero attached hydrogens (tertiary/aromatic N) is 5. The van der Waals surface area contributed by atoms with Crippen LogP contribution in [0.3, 0.4) is 0 Å². The summed E-state index contributed by atoms with van der Waals surface area (Å²) in [5.74, 6) is 1.77. The molecule has 160 valence electrons. The number of aromatic nitrogens is 3. The van der Waals surface area contributed by atoms with Crippen LogP contribution >= 0.6 is 35.6 Å². The van der Waals surface area contributed by atoms with E-state index in [-0.39, 0.29) is 24.0 Å². The van der Waals surface area contributed by atoms with Gasteiger partial charge in [-0.3, -0.25) is 9.39 Å². The topological polar surface area (TPSA) is 69.8 Å². The molecule has 1 atom stereocenters. The number of halogens is 2. The predicted octanol–water partition coefficient (Wildman–Crippen LogP) is 3.38. The van der Waals surface area contributed by atoms with Gasteiger partial charge in [0.2, 0.25) is 0 Å². The Morgan fingerprint density at radius 3 is 2.97 bits per heavy atom. The van der Waals surface area contributed by atoms with Gasteiger partial charge in [0.05, 0.1) is 0 Å². The van der Waals surface area contributed by atoms with Crippen LogP contribution in [0.15, 0.2) is 53.7 Å². The van der Waals surface area contributed by atoms with E-state index in [4.69, 9.17) is 16.6 Å². The summed E-state index contributed by atoms with van der Waals surface area (Å²) in [6, 6.07) is 14.3. The number of guanidine groups is 1. The normalized spacial score (nSPS) is 16.5. The van der Waals surface area contributed by atoms with E-state index in [1.165, 1.54) is 5.69 Å². The van der Waals surface area contributed by atoms with Crippen LogP contribution in [0.1, 0.15) is 19.2 Å². The van der Waals surface area contributed by atoms with E-state index < -0.39 is 0 Å². The highest BCUT2D eigenvalue weighted by atomic mass is 127. The van der Waals surface area contributed by atoms with E-state index in [0.717, 1.165) is 54.9 Å². The second-order valence-electron chi connectivity index (χ2n) is 7.11. The lowest BCUT2D eigenvalue weighted by atomic mass is 10.2. The Labute approximate surface area is 198 Å². The highest BCUT2D eigenvalue weighted by Gasteiger charge is 2.23. The third kappa shape index (κ3) is 5.54. The smallest absolute Gasteiger partial charge is 0.191 e. The Bertz CT molecular complexity index is 990. The SMILES string of the molecule is CCNC(=NCCc1nnc2ccccn12)NC1CCN(c2cccc(Cl)c2)C1.I. The summed E-state index contributed by atoms with van der Waals surface area (Å²) in [5.41, 5.74) is 2.03. The lowest BCUT2D eigenvalue weighted by Gasteiger charge is -2.20. The van der Waals surface area contributed by atoms with Crippen molar-refractivity contribution >= 4 is 52.9 Å². The summed E-state index contributed by atoms with van der Waals surface area (Å²) in [4.78, 5) is 7.10. The number of benzene rings is 1. The fourth-order valence-corrected chi connectivity index (χ4v) is 3.81. The van der Waals surface area contributed by atoms with E-state index in [1.807, 2.05) is 47.0 Å². The van der Waals surface area contributed by atoms with Crippen molar-refractivity contribution in [3.05, 3.63) is 59.5 Å². The van der Waals surface area contributed by atoms with Crippen LogP contribution in [0, 0.1) is 0 Å². The van der Waals surface area contributed by atoms with E-state index in [0.29, 0.717) is 12.6 Å². The second kappa shape index (κ2) is 10.8. The minimum Gasteiger partial charge on any atom is -0.369 e. The molecule has 7 nitrogen and oxygen atoms in total. The number of hydrogen-bond donors (Lipinski definition) is 2. The first-order valence-corrected chi connectivity index (χ1v) is 10.4. The van der Waals surface area contributed by atoms with E-state index in [2.05, 4.69) is 38.7 Å². The summed E-state index contributed by atoms with van der Waals surface area (Å²) >= 11 is 6.14. The van der Waals surface area contributed by atoms with Crippen LogP contribution in [0.4, 0.5) is 5.69 Å². The second-order valence-corrected chi connectivity index (χ2v) is 7.55. The van der Waals surface area contributed by atoms with Crippen LogP contribution in [0.5, 0.6) is 0 Å². The van der Waals surface area contributed by atoms with Gasteiger partial charge in [-0.2, -0.15) is 0 Å². The zero-order valence-corrected chi connectivity index (χ0v) is 20.0. The Morgan fingerprint density at radius 2 is 2.13 bits per heavy atom. The number of rotatable bonds is 6. The maximum absolute atomic E-state index is 6.14. The molecular formula is C21H27ClIN7. The summed E-state index contributed by atoms with van der Waals surface area (Å²) in [6.07, 6.45) is 3.79. The van der Waals surface area contributed by atoms with Gasteiger partial charge in [0.25, 0.3) is 0 Å². The Morgan fingerprint density at radius 1 is 1.23 bits per heavy atom. The van der Waals surface area contributed by atoms with Gasteiger partial charge >= 0.3 is 0 Å². The van der Waals surface area contributed by atoms with Gasteiger partial charge < -0.3 is 15.5 Å². The van der Waals surface area contributed by atoms with Gasteiger partial charge in [-0.1, -0.05) is 23.7 Å². The quantitative estimate of drug-likeness (QED) is 0.286. The van der Waals surface area contributed by atoms with Crippen LogP contribution in [0.2, 0.25) is 5.02 Å². The van der Waals surface area contributed by atoms with Crippen molar-refractivity contribution in [2.45, 2.75) is 25.8 Å². The van der Waals surface area contributed by atoms with Crippen molar-refractivity contribution < 1.29 is 0 Å². The lowest BCUT2D eigenvalue weighted by molar-refractivity contribution is 0.648. The van der Waals surface area contributed by atoms with Crippen molar-refractivity contribution in [1.29, 1.82) is 0 Å². The van der Waals surface area contributed by atoms with Gasteiger partial charge in [0.15, 0.2) is 11.6 Å². The zero-order valence-electron chi connectivity index (χ0n) is 17.0. The van der Waals surface area contributed by atoms with Gasteiger partial charge in [-0.25, -0.2) is 0 Å². The molecule has 0 saturated carbocycles. The highest BCUT2D eigenvalue weighted by Crippen LogP contribution is 2.23. The number of nitrogens with one attached hydrogen (secondary N) is 2. The van der Waals surface area contributed by atoms with Gasteiger partial charge in [0.1, 0.15) is 5.82 Å². The maximum atomic E-state index is 6.14. The molecule has 1 aliphatic rings. The fourth-order valence-electron chi connectivity index (χ4n) is 3.63. The van der Waals surface area contributed by atoms with E-state index in [1.54, 1.807) is 0 Å². The number of pyridine rings is 1. The number of fused-ring (bicyclic) bond motifs is 1. The third-order valence-electron chi connectivity index (χ3n) is 5.04. The lowest BCUT2D eigenvalue weighted by Crippen LogP contribution is -2.44. The van der Waals surface area contributed by atoms with E-state index in [9.17, 15) is 0 Å². The summed E-state index contributed by atoms with van der Waals surface area (Å²) in [7, 11) is 0. The molecule has 9 heteroatoms. The monoisotopic (exact) mass is 539 g/mol. The van der Waals surface area contributed by atoms with Gasteiger partial charge in [-0.05, 0) is 43.7 Å². The molecular weight excluding hydrogens is 513 g/mol. The molecule has 0 spiro atoms. The standard InChI is InChI=1S/C21H26ClN7.HI/c1-2-23-21(24-11-9-20-27-26-19-8-3-4-12-29(19)20)25-17-10-13-28(15-17)18-7-5-6-16(22)14-18;/h3-8,12,14,17H,2,9-11,13,15H2,1H3,(H2,23,24,25);1H. The number of anilines is 1. The average Bonchev–Trinajstić information content (AvgIpc) is 3.36. The molecule has 0 amide bonds. The summed E-state index contributed by atoms with van der Waals surface area (Å²) in [5, 5.41) is 16.2. The Hall–Kier alpha value is -2.07. The fraction of sp³-hybridized carbons (Fsp3) is 0.381. The molecule has 2 aromatic heterocycles. The van der Waals surface area contributed by atoms with Crippen LogP contribution in [-0.4, -0.2) is 52.8 Å². The molecule has 1 aromatic carbocycles. The van der Waals surface area contributed by atoms with E-state index >= 15 is 0 Å². The third-order valence-corrected chi connectivity index (χ3v) is 5.27. The van der Waals surface area contributed by atoms with Crippen molar-refractivity contribution in [3.8, 4) is 0 Å². The minimum atomic E-state index is 0. The summed E-state index contributed by atoms with van der Waals surface area (Å²) < 4.78 is 2.01. The first-order chi connectivity index (χ1) is 14.2. The van der Waals surface area contributed by atoms with Gasteiger partial charge in [0, 0.05) is 55.5 Å². The molecule has 1 aliphatic heterocycles. The van der Waals surface area contributed by atoms with Crippen LogP contribution in [-0.2, 0) is 6.42 Å². The molecule has 1 fully saturated rings. The number of hydrogen-bond acceptors (Lipinski definition) is 4. The highest BCUT2D eigenvalue weighted by molar-refractivity contribution is 14.0. The summed E-state index contributed by atoms with van der Waals surface area (Å²) in [6.45, 7) is 5.49. The molecule has 2 N–H and O–H groups in total. The molecule has 0 radical (unpaired) electrons. The molecule has 0 aliphatic carbocycles. The molecule has 4 rings (SSSR count). The van der Waals surface area contributed by atoms with Crippen molar-refractivity contribution in [2.75, 3.05) is 31.1 Å². The first-order valence-electron chi connectivity index (χ1n) is 10.1. The number of aliphatic imine (C=N–C) groups is 1. The van der Waals surface area contributed by atoms with Crippen LogP contribution in [0.25, 0.3) is 5.65 Å². The first kappa shape index (κ1) is 22.6. The van der Waals surface area contributed by atoms with Crippen molar-refractivity contribution in [1.82, 2.24) is 25.2 Å². The molecule has 3 heterocycles. The molecule has 30 heavy (non-hydrogen) atoms. The largest absolute Gasteiger partial charge is 0.369 e. The van der Waals surface area contributed by atoms with Crippen molar-refractivity contribution in [2.24, 2.45) is 4.99 Å². The molecule has 1 unspecified atom stereocenters.